The average molecular weight is 233 g/mol. The summed E-state index contributed by atoms with van der Waals surface area (Å²) in [6, 6.07) is 6.13. The van der Waals surface area contributed by atoms with Gasteiger partial charge in [0.05, 0.1) is 12.8 Å². The highest BCUT2D eigenvalue weighted by molar-refractivity contribution is 5.65. The average Bonchev–Trinajstić information content (AvgIpc) is 2.31. The van der Waals surface area contributed by atoms with E-state index in [1.807, 2.05) is 6.92 Å². The molecule has 0 aliphatic heterocycles. The van der Waals surface area contributed by atoms with E-state index < -0.39 is 0 Å². The summed E-state index contributed by atoms with van der Waals surface area (Å²) < 4.78 is 18.2. The molecule has 0 radical (unpaired) electrons. The van der Waals surface area contributed by atoms with Crippen molar-refractivity contribution in [1.82, 2.24) is 9.97 Å². The summed E-state index contributed by atoms with van der Waals surface area (Å²) in [5.74, 6) is 0.140. The Kier molecular flexibility index (Phi) is 2.91. The summed E-state index contributed by atoms with van der Waals surface area (Å²) in [7, 11) is 1.49. The van der Waals surface area contributed by atoms with Gasteiger partial charge < -0.3 is 10.5 Å². The highest BCUT2D eigenvalue weighted by Crippen LogP contribution is 2.25. The van der Waals surface area contributed by atoms with Gasteiger partial charge in [-0.15, -0.1) is 0 Å². The second-order valence-electron chi connectivity index (χ2n) is 3.61. The maximum absolute atomic E-state index is 13.2. The molecule has 0 fully saturated rings. The van der Waals surface area contributed by atoms with E-state index >= 15 is 0 Å². The molecule has 2 N–H and O–H groups in total. The molecule has 1 heterocycles. The second-order valence-corrected chi connectivity index (χ2v) is 3.61. The largest absolute Gasteiger partial charge is 0.481 e. The van der Waals surface area contributed by atoms with Crippen LogP contribution in [0.2, 0.25) is 0 Å². The van der Waals surface area contributed by atoms with Crippen molar-refractivity contribution >= 4 is 5.95 Å². The van der Waals surface area contributed by atoms with Crippen LogP contribution in [-0.4, -0.2) is 17.1 Å². The van der Waals surface area contributed by atoms with Gasteiger partial charge >= 0.3 is 0 Å². The van der Waals surface area contributed by atoms with Crippen LogP contribution in [0, 0.1) is 12.7 Å². The first-order valence-corrected chi connectivity index (χ1v) is 5.05. The van der Waals surface area contributed by atoms with Crippen LogP contribution in [0.25, 0.3) is 11.3 Å². The molecule has 88 valence electrons. The number of anilines is 1. The SMILES string of the molecule is COc1cc(-c2cc(F)ccc2C)nc(N)n1. The van der Waals surface area contributed by atoms with Crippen molar-refractivity contribution < 1.29 is 9.13 Å². The van der Waals surface area contributed by atoms with Gasteiger partial charge in [-0.1, -0.05) is 6.07 Å². The summed E-state index contributed by atoms with van der Waals surface area (Å²) in [4.78, 5) is 7.95. The lowest BCUT2D eigenvalue weighted by Gasteiger charge is -2.07. The molecule has 0 aliphatic carbocycles. The zero-order valence-corrected chi connectivity index (χ0v) is 9.57. The van der Waals surface area contributed by atoms with E-state index in [1.165, 1.54) is 19.2 Å². The highest BCUT2D eigenvalue weighted by atomic mass is 19.1. The molecule has 0 unspecified atom stereocenters. The van der Waals surface area contributed by atoms with Crippen molar-refractivity contribution in [3.05, 3.63) is 35.6 Å². The Morgan fingerprint density at radius 2 is 2.00 bits per heavy atom. The number of nitrogen functional groups attached to an aromatic ring is 1. The molecule has 2 rings (SSSR count). The minimum Gasteiger partial charge on any atom is -0.481 e. The van der Waals surface area contributed by atoms with Crippen molar-refractivity contribution in [2.45, 2.75) is 6.92 Å². The molecular weight excluding hydrogens is 221 g/mol. The van der Waals surface area contributed by atoms with Crippen molar-refractivity contribution in [2.75, 3.05) is 12.8 Å². The van der Waals surface area contributed by atoms with Gasteiger partial charge in [0.15, 0.2) is 0 Å². The third-order valence-electron chi connectivity index (χ3n) is 2.40. The predicted molar refractivity (Wildman–Crippen MR) is 63.1 cm³/mol. The molecule has 0 saturated heterocycles. The van der Waals surface area contributed by atoms with E-state index in [2.05, 4.69) is 9.97 Å². The van der Waals surface area contributed by atoms with Crippen molar-refractivity contribution in [2.24, 2.45) is 0 Å². The molecule has 0 amide bonds. The minimum absolute atomic E-state index is 0.100. The quantitative estimate of drug-likeness (QED) is 0.863. The Hall–Kier alpha value is -2.17. The monoisotopic (exact) mass is 233 g/mol. The first-order chi connectivity index (χ1) is 8.10. The number of nitrogens with two attached hydrogens (primary N) is 1. The Bertz CT molecular complexity index is 557. The van der Waals surface area contributed by atoms with Gasteiger partial charge in [-0.2, -0.15) is 4.98 Å². The number of aromatic nitrogens is 2. The normalized spacial score (nSPS) is 10.3. The van der Waals surface area contributed by atoms with Gasteiger partial charge in [0.25, 0.3) is 0 Å². The molecule has 0 spiro atoms. The van der Waals surface area contributed by atoms with Crippen LogP contribution in [0.3, 0.4) is 0 Å². The minimum atomic E-state index is -0.318. The number of aryl methyl sites for hydroxylation is 1. The number of hydrogen-bond donors (Lipinski definition) is 1. The fraction of sp³-hybridized carbons (Fsp3) is 0.167. The number of methoxy groups -OCH3 is 1. The van der Waals surface area contributed by atoms with Crippen LogP contribution >= 0.6 is 0 Å². The Labute approximate surface area is 98.3 Å². The highest BCUT2D eigenvalue weighted by Gasteiger charge is 2.08. The molecule has 2 aromatic rings. The summed E-state index contributed by atoms with van der Waals surface area (Å²) in [6.45, 7) is 1.87. The Morgan fingerprint density at radius 3 is 2.71 bits per heavy atom. The van der Waals surface area contributed by atoms with Crippen LogP contribution in [0.5, 0.6) is 5.88 Å². The number of ether oxygens (including phenoxy) is 1. The van der Waals surface area contributed by atoms with Crippen molar-refractivity contribution in [3.63, 3.8) is 0 Å². The topological polar surface area (TPSA) is 61.0 Å². The van der Waals surface area contributed by atoms with Crippen LogP contribution in [-0.2, 0) is 0 Å². The van der Waals surface area contributed by atoms with Gasteiger partial charge in [0, 0.05) is 11.6 Å². The fourth-order valence-electron chi connectivity index (χ4n) is 1.56. The summed E-state index contributed by atoms with van der Waals surface area (Å²) in [5, 5.41) is 0. The van der Waals surface area contributed by atoms with E-state index in [0.717, 1.165) is 5.56 Å². The molecular formula is C12H12FN3O. The molecule has 0 saturated carbocycles. The number of hydrogen-bond acceptors (Lipinski definition) is 4. The third-order valence-corrected chi connectivity index (χ3v) is 2.40. The maximum atomic E-state index is 13.2. The standard InChI is InChI=1S/C12H12FN3O/c1-7-3-4-8(13)5-9(7)10-6-11(17-2)16-12(14)15-10/h3-6H,1-2H3,(H2,14,15,16). The lowest BCUT2D eigenvalue weighted by Crippen LogP contribution is -2.00. The Morgan fingerprint density at radius 1 is 1.24 bits per heavy atom. The molecule has 0 aliphatic rings. The molecule has 5 heteroatoms. The first-order valence-electron chi connectivity index (χ1n) is 5.05. The summed E-state index contributed by atoms with van der Waals surface area (Å²) in [5.41, 5.74) is 7.70. The van der Waals surface area contributed by atoms with Crippen LogP contribution < -0.4 is 10.5 Å². The number of halogens is 1. The molecule has 4 nitrogen and oxygen atoms in total. The van der Waals surface area contributed by atoms with Crippen molar-refractivity contribution in [1.29, 1.82) is 0 Å². The molecule has 1 aromatic heterocycles. The van der Waals surface area contributed by atoms with E-state index in [0.29, 0.717) is 17.1 Å². The number of rotatable bonds is 2. The van der Waals surface area contributed by atoms with E-state index in [4.69, 9.17) is 10.5 Å². The van der Waals surface area contributed by atoms with Crippen LogP contribution in [0.4, 0.5) is 10.3 Å². The van der Waals surface area contributed by atoms with Gasteiger partial charge in [0.1, 0.15) is 5.82 Å². The van der Waals surface area contributed by atoms with Gasteiger partial charge in [-0.3, -0.25) is 0 Å². The lowest BCUT2D eigenvalue weighted by molar-refractivity contribution is 0.398. The lowest BCUT2D eigenvalue weighted by atomic mass is 10.1. The summed E-state index contributed by atoms with van der Waals surface area (Å²) in [6.07, 6.45) is 0. The molecule has 1 aromatic carbocycles. The first kappa shape index (κ1) is 11.3. The summed E-state index contributed by atoms with van der Waals surface area (Å²) >= 11 is 0. The third kappa shape index (κ3) is 2.33. The van der Waals surface area contributed by atoms with E-state index in [9.17, 15) is 4.39 Å². The van der Waals surface area contributed by atoms with Crippen LogP contribution in [0.15, 0.2) is 24.3 Å². The zero-order chi connectivity index (χ0) is 12.4. The smallest absolute Gasteiger partial charge is 0.223 e. The number of benzene rings is 1. The van der Waals surface area contributed by atoms with Gasteiger partial charge in [0.2, 0.25) is 11.8 Å². The van der Waals surface area contributed by atoms with Gasteiger partial charge in [-0.05, 0) is 24.6 Å². The van der Waals surface area contributed by atoms with E-state index in [-0.39, 0.29) is 11.8 Å². The molecule has 0 bridgehead atoms. The predicted octanol–water partition coefficient (Wildman–Crippen LogP) is 2.18. The van der Waals surface area contributed by atoms with Gasteiger partial charge in [-0.25, -0.2) is 9.37 Å². The maximum Gasteiger partial charge on any atom is 0.223 e. The van der Waals surface area contributed by atoms with Crippen LogP contribution in [0.1, 0.15) is 5.56 Å². The fourth-order valence-corrected chi connectivity index (χ4v) is 1.56. The van der Waals surface area contributed by atoms with E-state index in [1.54, 1.807) is 12.1 Å². The zero-order valence-electron chi connectivity index (χ0n) is 9.57. The number of nitrogens with zero attached hydrogens (tertiary/aromatic N) is 2. The second kappa shape index (κ2) is 4.37. The Balaban J connectivity index is 2.59. The van der Waals surface area contributed by atoms with Crippen molar-refractivity contribution in [3.8, 4) is 17.1 Å². The molecule has 0 atom stereocenters. The molecule has 17 heavy (non-hydrogen) atoms.